The molecule has 2 aromatic heterocycles. The van der Waals surface area contributed by atoms with Crippen molar-refractivity contribution in [2.45, 2.75) is 48.1 Å². The molecule has 1 N–H and O–H groups in total. The summed E-state index contributed by atoms with van der Waals surface area (Å²) in [4.78, 5) is 36.9. The van der Waals surface area contributed by atoms with Crippen molar-refractivity contribution in [2.24, 2.45) is 0 Å². The Labute approximate surface area is 198 Å². The van der Waals surface area contributed by atoms with Gasteiger partial charge in [-0.05, 0) is 59.7 Å². The number of amides is 1. The summed E-state index contributed by atoms with van der Waals surface area (Å²) in [6, 6.07) is 9.58. The van der Waals surface area contributed by atoms with Crippen LogP contribution in [0.25, 0.3) is 5.69 Å². The van der Waals surface area contributed by atoms with Gasteiger partial charge in [-0.2, -0.15) is 5.10 Å². The monoisotopic (exact) mass is 466 g/mol. The standard InChI is InChI=1S/C25H30N4O5/c1-7-33-25(32)21-12-16(3)28(18(21)5)13-23(31)34-14-22(30)26-24-17(4)27-29(19(24)6)20-10-8-15(2)9-11-20/h8-12H,7,13-14H2,1-6H3,(H,26,30). The van der Waals surface area contributed by atoms with Gasteiger partial charge in [0.25, 0.3) is 5.91 Å². The molecule has 180 valence electrons. The summed E-state index contributed by atoms with van der Waals surface area (Å²) >= 11 is 0. The van der Waals surface area contributed by atoms with Crippen molar-refractivity contribution in [1.29, 1.82) is 0 Å². The lowest BCUT2D eigenvalue weighted by atomic mass is 10.2. The molecule has 0 spiro atoms. The van der Waals surface area contributed by atoms with Gasteiger partial charge in [0.15, 0.2) is 6.61 Å². The van der Waals surface area contributed by atoms with Crippen LogP contribution < -0.4 is 5.32 Å². The van der Waals surface area contributed by atoms with Crippen molar-refractivity contribution in [3.63, 3.8) is 0 Å². The van der Waals surface area contributed by atoms with Crippen LogP contribution in [0.3, 0.4) is 0 Å². The van der Waals surface area contributed by atoms with Gasteiger partial charge in [-0.3, -0.25) is 9.59 Å². The Balaban J connectivity index is 1.61. The third-order valence-corrected chi connectivity index (χ3v) is 5.55. The minimum Gasteiger partial charge on any atom is -0.462 e. The molecule has 0 aliphatic rings. The molecule has 34 heavy (non-hydrogen) atoms. The minimum atomic E-state index is -0.587. The zero-order valence-corrected chi connectivity index (χ0v) is 20.4. The van der Waals surface area contributed by atoms with Crippen LogP contribution in [-0.2, 0) is 25.6 Å². The second-order valence-electron chi connectivity index (χ2n) is 8.09. The number of esters is 2. The molecule has 1 amide bonds. The smallest absolute Gasteiger partial charge is 0.339 e. The third kappa shape index (κ3) is 5.36. The van der Waals surface area contributed by atoms with Crippen molar-refractivity contribution < 1.29 is 23.9 Å². The highest BCUT2D eigenvalue weighted by molar-refractivity contribution is 5.94. The predicted molar refractivity (Wildman–Crippen MR) is 127 cm³/mol. The first-order valence-corrected chi connectivity index (χ1v) is 11.0. The number of carbonyl (C=O) groups excluding carboxylic acids is 3. The van der Waals surface area contributed by atoms with Gasteiger partial charge in [-0.15, -0.1) is 0 Å². The maximum absolute atomic E-state index is 12.5. The van der Waals surface area contributed by atoms with Crippen LogP contribution in [0.15, 0.2) is 30.3 Å². The molecule has 2 heterocycles. The topological polar surface area (TPSA) is 104 Å². The van der Waals surface area contributed by atoms with Gasteiger partial charge in [-0.25, -0.2) is 9.48 Å². The van der Waals surface area contributed by atoms with E-state index in [1.54, 1.807) is 43.0 Å². The molecule has 0 radical (unpaired) electrons. The molecule has 0 bridgehead atoms. The first kappa shape index (κ1) is 24.8. The summed E-state index contributed by atoms with van der Waals surface area (Å²) in [6.07, 6.45) is 0. The average Bonchev–Trinajstić information content (AvgIpc) is 3.23. The summed E-state index contributed by atoms with van der Waals surface area (Å²) in [6.45, 7) is 10.6. The number of ether oxygens (including phenoxy) is 2. The number of aryl methyl sites for hydroxylation is 3. The van der Waals surface area contributed by atoms with Crippen LogP contribution in [0, 0.1) is 34.6 Å². The van der Waals surface area contributed by atoms with Crippen molar-refractivity contribution in [2.75, 3.05) is 18.5 Å². The van der Waals surface area contributed by atoms with E-state index in [2.05, 4.69) is 10.4 Å². The number of anilines is 1. The molecule has 0 unspecified atom stereocenters. The third-order valence-electron chi connectivity index (χ3n) is 5.55. The zero-order chi connectivity index (χ0) is 25.0. The van der Waals surface area contributed by atoms with Crippen LogP contribution >= 0.6 is 0 Å². The van der Waals surface area contributed by atoms with Crippen LogP contribution in [-0.4, -0.2) is 45.4 Å². The van der Waals surface area contributed by atoms with E-state index in [-0.39, 0.29) is 13.2 Å². The van der Waals surface area contributed by atoms with E-state index < -0.39 is 24.5 Å². The van der Waals surface area contributed by atoms with Crippen LogP contribution in [0.2, 0.25) is 0 Å². The molecule has 0 atom stereocenters. The first-order chi connectivity index (χ1) is 16.1. The first-order valence-electron chi connectivity index (χ1n) is 11.0. The predicted octanol–water partition coefficient (Wildman–Crippen LogP) is 3.57. The number of nitrogens with zero attached hydrogens (tertiary/aromatic N) is 3. The number of nitrogens with one attached hydrogen (secondary N) is 1. The minimum absolute atomic E-state index is 0.117. The maximum atomic E-state index is 12.5. The molecule has 9 heteroatoms. The molecule has 0 aliphatic carbocycles. The highest BCUT2D eigenvalue weighted by atomic mass is 16.5. The Bertz CT molecular complexity index is 1220. The molecule has 0 fully saturated rings. The molecular weight excluding hydrogens is 436 g/mol. The van der Waals surface area contributed by atoms with Crippen molar-refractivity contribution >= 4 is 23.5 Å². The summed E-state index contributed by atoms with van der Waals surface area (Å²) in [7, 11) is 0. The lowest BCUT2D eigenvalue weighted by Gasteiger charge is -2.11. The summed E-state index contributed by atoms with van der Waals surface area (Å²) < 4.78 is 13.6. The van der Waals surface area contributed by atoms with E-state index in [4.69, 9.17) is 9.47 Å². The Hall–Kier alpha value is -3.88. The normalized spacial score (nSPS) is 10.8. The summed E-state index contributed by atoms with van der Waals surface area (Å²) in [5.41, 5.74) is 5.76. The van der Waals surface area contributed by atoms with Gasteiger partial charge in [0.05, 0.1) is 34.9 Å². The van der Waals surface area contributed by atoms with Crippen LogP contribution in [0.5, 0.6) is 0 Å². The van der Waals surface area contributed by atoms with Gasteiger partial charge in [0, 0.05) is 11.4 Å². The largest absolute Gasteiger partial charge is 0.462 e. The zero-order valence-electron chi connectivity index (χ0n) is 20.4. The average molecular weight is 467 g/mol. The SMILES string of the molecule is CCOC(=O)c1cc(C)n(CC(=O)OCC(=O)Nc2c(C)nn(-c3ccc(C)cc3)c2C)c1C. The molecule has 0 aliphatic heterocycles. The Morgan fingerprint density at radius 3 is 2.29 bits per heavy atom. The van der Waals surface area contributed by atoms with E-state index in [1.807, 2.05) is 38.1 Å². The lowest BCUT2D eigenvalue weighted by molar-refractivity contribution is -0.147. The molecule has 0 saturated heterocycles. The second-order valence-corrected chi connectivity index (χ2v) is 8.09. The van der Waals surface area contributed by atoms with E-state index in [1.165, 1.54) is 0 Å². The number of rotatable bonds is 8. The molecule has 9 nitrogen and oxygen atoms in total. The van der Waals surface area contributed by atoms with Crippen molar-refractivity contribution in [3.8, 4) is 5.69 Å². The Morgan fingerprint density at radius 2 is 1.65 bits per heavy atom. The fourth-order valence-electron chi connectivity index (χ4n) is 3.72. The van der Waals surface area contributed by atoms with Crippen molar-refractivity contribution in [3.05, 3.63) is 64.2 Å². The van der Waals surface area contributed by atoms with Gasteiger partial charge in [0.1, 0.15) is 6.54 Å². The molecular formula is C25H30N4O5. The summed E-state index contributed by atoms with van der Waals surface area (Å²) in [5.74, 6) is -1.49. The fourth-order valence-corrected chi connectivity index (χ4v) is 3.72. The second kappa shape index (κ2) is 10.4. The van der Waals surface area contributed by atoms with Crippen LogP contribution in [0.1, 0.15) is 45.6 Å². The van der Waals surface area contributed by atoms with E-state index in [0.717, 1.165) is 22.6 Å². The van der Waals surface area contributed by atoms with Gasteiger partial charge in [-0.1, -0.05) is 17.7 Å². The van der Waals surface area contributed by atoms with E-state index in [9.17, 15) is 14.4 Å². The number of hydrogen-bond donors (Lipinski definition) is 1. The molecule has 3 rings (SSSR count). The lowest BCUT2D eigenvalue weighted by Crippen LogP contribution is -2.24. The molecule has 3 aromatic rings. The van der Waals surface area contributed by atoms with E-state index in [0.29, 0.717) is 22.6 Å². The number of aromatic nitrogens is 3. The fraction of sp³-hybridized carbons (Fsp3) is 0.360. The van der Waals surface area contributed by atoms with E-state index >= 15 is 0 Å². The number of benzene rings is 1. The quantitative estimate of drug-likeness (QED) is 0.509. The Kier molecular flexibility index (Phi) is 7.55. The van der Waals surface area contributed by atoms with Gasteiger partial charge >= 0.3 is 11.9 Å². The number of hydrogen-bond acceptors (Lipinski definition) is 6. The number of carbonyl (C=O) groups is 3. The molecule has 1 aromatic carbocycles. The van der Waals surface area contributed by atoms with Gasteiger partial charge in [0.2, 0.25) is 0 Å². The maximum Gasteiger partial charge on any atom is 0.339 e. The highest BCUT2D eigenvalue weighted by Crippen LogP contribution is 2.23. The highest BCUT2D eigenvalue weighted by Gasteiger charge is 2.20. The van der Waals surface area contributed by atoms with Gasteiger partial charge < -0.3 is 19.4 Å². The Morgan fingerprint density at radius 1 is 0.971 bits per heavy atom. The molecule has 0 saturated carbocycles. The van der Waals surface area contributed by atoms with Crippen molar-refractivity contribution in [1.82, 2.24) is 14.3 Å². The summed E-state index contributed by atoms with van der Waals surface area (Å²) in [5, 5.41) is 7.30. The van der Waals surface area contributed by atoms with Crippen LogP contribution in [0.4, 0.5) is 5.69 Å².